The monoisotopic (exact) mass is 459 g/mol. The van der Waals surface area contributed by atoms with Crippen LogP contribution in [0.25, 0.3) is 11.3 Å². The van der Waals surface area contributed by atoms with Gasteiger partial charge < -0.3 is 9.47 Å². The van der Waals surface area contributed by atoms with E-state index in [9.17, 15) is 22.8 Å². The van der Waals surface area contributed by atoms with E-state index in [0.717, 1.165) is 31.6 Å². The lowest BCUT2D eigenvalue weighted by molar-refractivity contribution is -0.137. The van der Waals surface area contributed by atoms with Gasteiger partial charge in [0.15, 0.2) is 0 Å². The maximum Gasteiger partial charge on any atom is 0.416 e. The summed E-state index contributed by atoms with van der Waals surface area (Å²) >= 11 is 0. The molecule has 0 bridgehead atoms. The Labute approximate surface area is 187 Å². The van der Waals surface area contributed by atoms with E-state index >= 15 is 0 Å². The van der Waals surface area contributed by atoms with E-state index in [1.54, 1.807) is 42.5 Å². The van der Waals surface area contributed by atoms with Crippen molar-refractivity contribution in [3.63, 3.8) is 0 Å². The van der Waals surface area contributed by atoms with Gasteiger partial charge in [-0.2, -0.15) is 13.2 Å². The number of hydrogen-bond donors (Lipinski definition) is 1. The summed E-state index contributed by atoms with van der Waals surface area (Å²) in [5, 5.41) is 0. The third kappa shape index (κ3) is 3.92. The average Bonchev–Trinajstić information content (AvgIpc) is 3.09. The number of benzene rings is 1. The molecule has 0 amide bonds. The van der Waals surface area contributed by atoms with E-state index in [0.29, 0.717) is 30.1 Å². The molecule has 0 unspecified atom stereocenters. The number of aromatic amines is 1. The molecule has 2 aliphatic rings. The fourth-order valence-electron chi connectivity index (χ4n) is 5.13. The maximum absolute atomic E-state index is 12.9. The molecule has 5 rings (SSSR count). The van der Waals surface area contributed by atoms with Crippen molar-refractivity contribution in [1.82, 2.24) is 24.0 Å². The van der Waals surface area contributed by atoms with Crippen molar-refractivity contribution in [2.45, 2.75) is 31.0 Å². The smallest absolute Gasteiger partial charge is 0.334 e. The second-order valence-electron chi connectivity index (χ2n) is 9.11. The molecular formula is C23H24F3N5O2. The topological polar surface area (TPSA) is 75.9 Å². The lowest BCUT2D eigenvalue weighted by Crippen LogP contribution is -2.32. The second-order valence-corrected chi connectivity index (χ2v) is 9.11. The van der Waals surface area contributed by atoms with Crippen molar-refractivity contribution in [2.75, 3.05) is 19.6 Å². The lowest BCUT2D eigenvalue weighted by Gasteiger charge is -2.21. The largest absolute Gasteiger partial charge is 0.416 e. The van der Waals surface area contributed by atoms with E-state index in [4.69, 9.17) is 0 Å². The van der Waals surface area contributed by atoms with Gasteiger partial charge >= 0.3 is 11.9 Å². The van der Waals surface area contributed by atoms with Crippen molar-refractivity contribution in [2.24, 2.45) is 13.0 Å². The Morgan fingerprint density at radius 2 is 1.94 bits per heavy atom. The summed E-state index contributed by atoms with van der Waals surface area (Å²) in [6.45, 7) is 2.94. The van der Waals surface area contributed by atoms with Gasteiger partial charge in [0.2, 0.25) is 0 Å². The van der Waals surface area contributed by atoms with Crippen LogP contribution in [0.5, 0.6) is 0 Å². The van der Waals surface area contributed by atoms with Gasteiger partial charge in [-0.15, -0.1) is 0 Å². The van der Waals surface area contributed by atoms with E-state index in [1.807, 2.05) is 0 Å². The lowest BCUT2D eigenvalue weighted by atomic mass is 9.94. The first-order valence-corrected chi connectivity index (χ1v) is 10.9. The van der Waals surface area contributed by atoms with E-state index < -0.39 is 23.0 Å². The number of alkyl halides is 3. The van der Waals surface area contributed by atoms with E-state index in [-0.39, 0.29) is 5.41 Å². The highest BCUT2D eigenvalue weighted by Crippen LogP contribution is 2.59. The molecule has 1 aromatic carbocycles. The van der Waals surface area contributed by atoms with Gasteiger partial charge in [-0.05, 0) is 43.0 Å². The molecule has 1 saturated carbocycles. The van der Waals surface area contributed by atoms with Gasteiger partial charge in [0.25, 0.3) is 5.56 Å². The molecule has 2 fully saturated rings. The minimum Gasteiger partial charge on any atom is -0.334 e. The molecule has 1 aliphatic carbocycles. The van der Waals surface area contributed by atoms with Crippen molar-refractivity contribution in [3.8, 4) is 11.3 Å². The number of H-pyrrole nitrogens is 1. The molecule has 2 atom stereocenters. The molecule has 0 spiro atoms. The highest BCUT2D eigenvalue weighted by molar-refractivity contribution is 5.56. The van der Waals surface area contributed by atoms with Gasteiger partial charge in [-0.1, -0.05) is 12.1 Å². The van der Waals surface area contributed by atoms with Crippen LogP contribution < -0.4 is 11.2 Å². The standard InChI is InChI=1S/C23H24F3N5O2/c1-29-14-27-10-19(29)18-12-31(21(33)28-20(18)32)8-2-7-30-11-17-9-22(17,13-30)15-3-5-16(6-4-15)23(24,25)26/h3-6,10,12,14,17H,2,7-9,11,13H2,1H3,(H,28,32,33)/t17-,22+/m0/s1. The van der Waals surface area contributed by atoms with Gasteiger partial charge in [0.1, 0.15) is 0 Å². The summed E-state index contributed by atoms with van der Waals surface area (Å²) in [6, 6.07) is 5.58. The molecule has 1 aliphatic heterocycles. The van der Waals surface area contributed by atoms with Crippen LogP contribution in [0.15, 0.2) is 52.6 Å². The Morgan fingerprint density at radius 1 is 1.18 bits per heavy atom. The molecule has 0 radical (unpaired) electrons. The summed E-state index contributed by atoms with van der Waals surface area (Å²) < 4.78 is 41.8. The zero-order valence-electron chi connectivity index (χ0n) is 18.1. The zero-order chi connectivity index (χ0) is 23.4. The summed E-state index contributed by atoms with van der Waals surface area (Å²) in [7, 11) is 1.78. The summed E-state index contributed by atoms with van der Waals surface area (Å²) in [6.07, 6.45) is 2.14. The predicted molar refractivity (Wildman–Crippen MR) is 116 cm³/mol. The summed E-state index contributed by atoms with van der Waals surface area (Å²) in [4.78, 5) is 33.2. The zero-order valence-corrected chi connectivity index (χ0v) is 18.1. The Morgan fingerprint density at radius 3 is 2.61 bits per heavy atom. The van der Waals surface area contributed by atoms with E-state index in [1.165, 1.54) is 16.7 Å². The predicted octanol–water partition coefficient (Wildman–Crippen LogP) is 2.62. The Balaban J connectivity index is 1.22. The average molecular weight is 459 g/mol. The first-order chi connectivity index (χ1) is 15.7. The highest BCUT2D eigenvalue weighted by Gasteiger charge is 2.60. The Hall–Kier alpha value is -3.14. The minimum absolute atomic E-state index is 0.0499. The number of fused-ring (bicyclic) bond motifs is 1. The molecule has 3 heterocycles. The number of halogens is 3. The molecular weight excluding hydrogens is 435 g/mol. The molecule has 2 aromatic heterocycles. The highest BCUT2D eigenvalue weighted by atomic mass is 19.4. The number of aromatic nitrogens is 4. The normalized spacial score (nSPS) is 22.5. The van der Waals surface area contributed by atoms with Crippen LogP contribution in [0.4, 0.5) is 13.2 Å². The van der Waals surface area contributed by atoms with Gasteiger partial charge in [0.05, 0.1) is 29.3 Å². The fraction of sp³-hybridized carbons (Fsp3) is 0.435. The van der Waals surface area contributed by atoms with Gasteiger partial charge in [-0.25, -0.2) is 9.78 Å². The molecule has 1 N–H and O–H groups in total. The van der Waals surface area contributed by atoms with Crippen LogP contribution in [0.1, 0.15) is 24.0 Å². The molecule has 33 heavy (non-hydrogen) atoms. The first-order valence-electron chi connectivity index (χ1n) is 10.9. The number of rotatable bonds is 6. The van der Waals surface area contributed by atoms with Crippen molar-refractivity contribution in [3.05, 3.63) is 75.0 Å². The maximum atomic E-state index is 12.9. The van der Waals surface area contributed by atoms with Crippen LogP contribution >= 0.6 is 0 Å². The third-order valence-corrected chi connectivity index (χ3v) is 6.98. The molecule has 10 heteroatoms. The van der Waals surface area contributed by atoms with Crippen LogP contribution in [0, 0.1) is 5.92 Å². The number of nitrogens with zero attached hydrogens (tertiary/aromatic N) is 4. The number of imidazole rings is 1. The van der Waals surface area contributed by atoms with Crippen molar-refractivity contribution >= 4 is 0 Å². The molecule has 174 valence electrons. The number of likely N-dealkylation sites (tertiary alicyclic amines) is 1. The van der Waals surface area contributed by atoms with Gasteiger partial charge in [-0.3, -0.25) is 14.3 Å². The Kier molecular flexibility index (Phi) is 5.08. The first kappa shape index (κ1) is 21.7. The second kappa shape index (κ2) is 7.72. The van der Waals surface area contributed by atoms with Crippen molar-refractivity contribution < 1.29 is 13.2 Å². The number of aryl methyl sites for hydroxylation is 2. The number of hydrogen-bond acceptors (Lipinski definition) is 4. The van der Waals surface area contributed by atoms with Crippen LogP contribution in [-0.2, 0) is 25.2 Å². The van der Waals surface area contributed by atoms with Crippen molar-refractivity contribution in [1.29, 1.82) is 0 Å². The van der Waals surface area contributed by atoms with Crippen LogP contribution in [-0.4, -0.2) is 43.6 Å². The summed E-state index contributed by atoms with van der Waals surface area (Å²) in [5.74, 6) is 0.460. The van der Waals surface area contributed by atoms with E-state index in [2.05, 4.69) is 14.9 Å². The molecule has 1 saturated heterocycles. The van der Waals surface area contributed by atoms with Gasteiger partial charge in [0, 0.05) is 38.3 Å². The Bertz CT molecular complexity index is 1290. The quantitative estimate of drug-likeness (QED) is 0.615. The third-order valence-electron chi connectivity index (χ3n) is 6.98. The fourth-order valence-corrected chi connectivity index (χ4v) is 5.13. The molecule has 7 nitrogen and oxygen atoms in total. The van der Waals surface area contributed by atoms with Crippen LogP contribution in [0.2, 0.25) is 0 Å². The SMILES string of the molecule is Cn1cncc1-c1cn(CCCN2C[C@@H]3C[C@]3(c3ccc(C(F)(F)F)cc3)C2)c(=O)[nH]c1=O. The number of nitrogens with one attached hydrogen (secondary N) is 1. The number of piperidine rings is 1. The molecule has 3 aromatic rings. The summed E-state index contributed by atoms with van der Waals surface area (Å²) in [5.41, 5.74) is 0.425. The minimum atomic E-state index is -4.32. The van der Waals surface area contributed by atoms with Crippen LogP contribution in [0.3, 0.4) is 0 Å².